The quantitative estimate of drug-likeness (QED) is 0.190. The van der Waals surface area contributed by atoms with Gasteiger partial charge in [-0.25, -0.2) is 0 Å². The van der Waals surface area contributed by atoms with E-state index in [1.165, 1.54) is 55.6 Å². The Labute approximate surface area is 277 Å². The standard InChI is InChI=1S/C46H35N/c1-45(2)41-24-14-12-23-38(41)40-30-35(27-29-42(40)45)47(34-20-10-5-11-21-34)36-26-28-39-37-22-13-15-25-43(37)46(44(39)31-36,32-16-6-3-7-17-32)33-18-8-4-9-19-33/h3-31H,1-2H3. The second kappa shape index (κ2) is 10.4. The second-order valence-electron chi connectivity index (χ2n) is 13.3. The molecule has 0 aliphatic heterocycles. The fraction of sp³-hybridized carbons (Fsp3) is 0.0870. The molecule has 0 radical (unpaired) electrons. The molecule has 2 aliphatic carbocycles. The molecule has 7 aromatic rings. The van der Waals surface area contributed by atoms with E-state index in [0.717, 1.165) is 17.1 Å². The number of nitrogens with zero attached hydrogens (tertiary/aromatic N) is 1. The third-order valence-corrected chi connectivity index (χ3v) is 10.5. The molecule has 0 spiro atoms. The van der Waals surface area contributed by atoms with Crippen LogP contribution < -0.4 is 4.90 Å². The Bertz CT molecular complexity index is 2230. The zero-order valence-electron chi connectivity index (χ0n) is 26.7. The summed E-state index contributed by atoms with van der Waals surface area (Å²) in [7, 11) is 0. The van der Waals surface area contributed by atoms with Crippen molar-refractivity contribution in [2.75, 3.05) is 4.90 Å². The van der Waals surface area contributed by atoms with Gasteiger partial charge in [0, 0.05) is 22.5 Å². The Morgan fingerprint density at radius 3 is 1.47 bits per heavy atom. The first kappa shape index (κ1) is 27.6. The normalized spacial score (nSPS) is 14.5. The average Bonchev–Trinajstić information content (AvgIpc) is 3.55. The van der Waals surface area contributed by atoms with Gasteiger partial charge in [0.1, 0.15) is 0 Å². The molecule has 0 unspecified atom stereocenters. The van der Waals surface area contributed by atoms with Crippen molar-refractivity contribution in [2.24, 2.45) is 0 Å². The molecule has 7 aromatic carbocycles. The van der Waals surface area contributed by atoms with E-state index in [1.807, 2.05) is 0 Å². The molecule has 0 amide bonds. The molecule has 224 valence electrons. The van der Waals surface area contributed by atoms with E-state index in [9.17, 15) is 0 Å². The van der Waals surface area contributed by atoms with Crippen LogP contribution in [0.2, 0.25) is 0 Å². The predicted molar refractivity (Wildman–Crippen MR) is 196 cm³/mol. The van der Waals surface area contributed by atoms with E-state index in [1.54, 1.807) is 0 Å². The Hall–Kier alpha value is -5.66. The summed E-state index contributed by atoms with van der Waals surface area (Å²) in [6.07, 6.45) is 0. The van der Waals surface area contributed by atoms with Gasteiger partial charge in [-0.15, -0.1) is 0 Å². The van der Waals surface area contributed by atoms with Crippen LogP contribution in [0.3, 0.4) is 0 Å². The molecule has 47 heavy (non-hydrogen) atoms. The topological polar surface area (TPSA) is 3.24 Å². The van der Waals surface area contributed by atoms with Gasteiger partial charge in [-0.1, -0.05) is 153 Å². The van der Waals surface area contributed by atoms with E-state index < -0.39 is 5.41 Å². The first-order valence-corrected chi connectivity index (χ1v) is 16.5. The Balaban J connectivity index is 1.31. The zero-order chi connectivity index (χ0) is 31.6. The fourth-order valence-corrected chi connectivity index (χ4v) is 8.44. The van der Waals surface area contributed by atoms with Gasteiger partial charge in [-0.05, 0) is 92.0 Å². The monoisotopic (exact) mass is 601 g/mol. The van der Waals surface area contributed by atoms with E-state index >= 15 is 0 Å². The first-order valence-electron chi connectivity index (χ1n) is 16.5. The van der Waals surface area contributed by atoms with Crippen molar-refractivity contribution in [2.45, 2.75) is 24.7 Å². The molecule has 9 rings (SSSR count). The average molecular weight is 602 g/mol. The lowest BCUT2D eigenvalue weighted by Gasteiger charge is -2.35. The van der Waals surface area contributed by atoms with E-state index in [2.05, 4.69) is 195 Å². The van der Waals surface area contributed by atoms with Crippen molar-refractivity contribution in [1.82, 2.24) is 0 Å². The fourth-order valence-electron chi connectivity index (χ4n) is 8.44. The van der Waals surface area contributed by atoms with Gasteiger partial charge in [0.15, 0.2) is 0 Å². The van der Waals surface area contributed by atoms with E-state index in [0.29, 0.717) is 0 Å². The van der Waals surface area contributed by atoms with Gasteiger partial charge in [-0.2, -0.15) is 0 Å². The highest BCUT2D eigenvalue weighted by Gasteiger charge is 2.46. The second-order valence-corrected chi connectivity index (χ2v) is 13.3. The summed E-state index contributed by atoms with van der Waals surface area (Å²) in [5.74, 6) is 0. The maximum absolute atomic E-state index is 2.45. The third-order valence-electron chi connectivity index (χ3n) is 10.5. The Morgan fingerprint density at radius 1 is 0.340 bits per heavy atom. The van der Waals surface area contributed by atoms with Crippen molar-refractivity contribution in [3.05, 3.63) is 209 Å². The van der Waals surface area contributed by atoms with Crippen molar-refractivity contribution in [1.29, 1.82) is 0 Å². The number of benzene rings is 7. The largest absolute Gasteiger partial charge is 0.310 e. The SMILES string of the molecule is CC1(C)c2ccccc2-c2cc(N(c3ccccc3)c3ccc4c(c3)C(c3ccccc3)(c3ccccc3)c3ccccc3-4)ccc21. The number of rotatable bonds is 5. The summed E-state index contributed by atoms with van der Waals surface area (Å²) in [5.41, 5.74) is 16.1. The van der Waals surface area contributed by atoms with Crippen molar-refractivity contribution in [3.63, 3.8) is 0 Å². The van der Waals surface area contributed by atoms with Crippen LogP contribution in [0.4, 0.5) is 17.1 Å². The molecule has 1 nitrogen and oxygen atoms in total. The third kappa shape index (κ3) is 3.96. The molecule has 0 fully saturated rings. The smallest absolute Gasteiger partial charge is 0.0714 e. The molecule has 1 heteroatoms. The lowest BCUT2D eigenvalue weighted by atomic mass is 9.67. The van der Waals surface area contributed by atoms with Crippen molar-refractivity contribution < 1.29 is 0 Å². The minimum Gasteiger partial charge on any atom is -0.310 e. The molecule has 0 bridgehead atoms. The summed E-state index contributed by atoms with van der Waals surface area (Å²) in [6, 6.07) is 64.9. The molecular weight excluding hydrogens is 567 g/mol. The van der Waals surface area contributed by atoms with E-state index in [-0.39, 0.29) is 5.41 Å². The molecule has 0 aromatic heterocycles. The Kier molecular flexibility index (Phi) is 6.14. The molecule has 0 saturated carbocycles. The van der Waals surface area contributed by atoms with Crippen LogP contribution in [-0.2, 0) is 10.8 Å². The minimum absolute atomic E-state index is 0.0354. The molecule has 0 N–H and O–H groups in total. The lowest BCUT2D eigenvalue weighted by Crippen LogP contribution is -2.28. The van der Waals surface area contributed by atoms with Crippen molar-refractivity contribution in [3.8, 4) is 22.3 Å². The van der Waals surface area contributed by atoms with Crippen LogP contribution in [0.25, 0.3) is 22.3 Å². The van der Waals surface area contributed by atoms with Crippen molar-refractivity contribution >= 4 is 17.1 Å². The highest BCUT2D eigenvalue weighted by atomic mass is 15.1. The lowest BCUT2D eigenvalue weighted by molar-refractivity contribution is 0.660. The van der Waals surface area contributed by atoms with Gasteiger partial charge < -0.3 is 4.90 Å². The van der Waals surface area contributed by atoms with Gasteiger partial charge in [-0.3, -0.25) is 0 Å². The molecule has 0 saturated heterocycles. The number of hydrogen-bond acceptors (Lipinski definition) is 1. The van der Waals surface area contributed by atoms with Crippen LogP contribution in [0.5, 0.6) is 0 Å². The minimum atomic E-state index is -0.451. The van der Waals surface area contributed by atoms with Crippen LogP contribution in [0, 0.1) is 0 Å². The van der Waals surface area contributed by atoms with Gasteiger partial charge in [0.2, 0.25) is 0 Å². The number of fused-ring (bicyclic) bond motifs is 6. The maximum atomic E-state index is 2.45. The summed E-state index contributed by atoms with van der Waals surface area (Å²) in [5, 5.41) is 0. The predicted octanol–water partition coefficient (Wildman–Crippen LogP) is 11.8. The summed E-state index contributed by atoms with van der Waals surface area (Å²) >= 11 is 0. The molecular formula is C46H35N. The van der Waals surface area contributed by atoms with Gasteiger partial charge >= 0.3 is 0 Å². The number of para-hydroxylation sites is 1. The summed E-state index contributed by atoms with van der Waals surface area (Å²) in [4.78, 5) is 2.43. The summed E-state index contributed by atoms with van der Waals surface area (Å²) < 4.78 is 0. The first-order chi connectivity index (χ1) is 23.1. The molecule has 0 atom stereocenters. The number of anilines is 3. The van der Waals surface area contributed by atoms with Crippen LogP contribution in [0.1, 0.15) is 47.2 Å². The van der Waals surface area contributed by atoms with E-state index in [4.69, 9.17) is 0 Å². The van der Waals surface area contributed by atoms with Crippen LogP contribution in [0.15, 0.2) is 176 Å². The zero-order valence-corrected chi connectivity index (χ0v) is 26.7. The highest BCUT2D eigenvalue weighted by molar-refractivity contribution is 5.91. The maximum Gasteiger partial charge on any atom is 0.0714 e. The van der Waals surface area contributed by atoms with Crippen LogP contribution in [-0.4, -0.2) is 0 Å². The Morgan fingerprint density at radius 2 is 0.809 bits per heavy atom. The molecule has 2 aliphatic rings. The summed E-state index contributed by atoms with van der Waals surface area (Å²) in [6.45, 7) is 4.69. The highest BCUT2D eigenvalue weighted by Crippen LogP contribution is 2.57. The molecule has 0 heterocycles. The van der Waals surface area contributed by atoms with Gasteiger partial charge in [0.05, 0.1) is 5.41 Å². The number of hydrogen-bond donors (Lipinski definition) is 0. The van der Waals surface area contributed by atoms with Gasteiger partial charge in [0.25, 0.3) is 0 Å². The van der Waals surface area contributed by atoms with Crippen LogP contribution >= 0.6 is 0 Å².